The molecule has 0 aliphatic rings. The molecule has 3 rings (SSSR count). The van der Waals surface area contributed by atoms with Gasteiger partial charge in [-0.05, 0) is 30.7 Å². The highest BCUT2D eigenvalue weighted by atomic mass is 16.1. The summed E-state index contributed by atoms with van der Waals surface area (Å²) in [7, 11) is 0. The van der Waals surface area contributed by atoms with Gasteiger partial charge in [0, 0.05) is 17.2 Å². The van der Waals surface area contributed by atoms with Crippen LogP contribution in [0.2, 0.25) is 0 Å². The normalized spacial score (nSPS) is 11.1. The smallest absolute Gasteiger partial charge is 0.226 e. The fourth-order valence-corrected chi connectivity index (χ4v) is 2.39. The number of H-pyrrole nitrogens is 1. The van der Waals surface area contributed by atoms with Crippen molar-refractivity contribution >= 4 is 22.6 Å². The van der Waals surface area contributed by atoms with E-state index in [9.17, 15) is 4.79 Å². The number of hydrogen-bond acceptors (Lipinski definition) is 2. The average Bonchev–Trinajstić information content (AvgIpc) is 2.92. The number of nitrogens with one attached hydrogen (secondary N) is 2. The van der Waals surface area contributed by atoms with Gasteiger partial charge >= 0.3 is 0 Å². The first kappa shape index (κ1) is 14.3. The third-order valence-electron chi connectivity index (χ3n) is 3.76. The van der Waals surface area contributed by atoms with Gasteiger partial charge in [-0.2, -0.15) is 0 Å². The van der Waals surface area contributed by atoms with Crippen LogP contribution >= 0.6 is 0 Å². The van der Waals surface area contributed by atoms with Gasteiger partial charge in [0.15, 0.2) is 0 Å². The van der Waals surface area contributed by atoms with E-state index >= 15 is 0 Å². The fourth-order valence-electron chi connectivity index (χ4n) is 2.39. The molecule has 0 aliphatic carbocycles. The standard InChI is InChI=1S/C18H19N3O/c1-11(2)18(22)21-14-10-6-7-13(12(14)3)17-19-15-8-4-5-9-16(15)20-17/h4-11H,1-3H3,(H,19,20)(H,21,22). The topological polar surface area (TPSA) is 57.8 Å². The summed E-state index contributed by atoms with van der Waals surface area (Å²) in [5, 5.41) is 2.97. The van der Waals surface area contributed by atoms with E-state index in [2.05, 4.69) is 15.3 Å². The molecule has 1 amide bonds. The molecule has 2 N–H and O–H groups in total. The Bertz CT molecular complexity index is 800. The molecule has 22 heavy (non-hydrogen) atoms. The quantitative estimate of drug-likeness (QED) is 0.762. The number of anilines is 1. The summed E-state index contributed by atoms with van der Waals surface area (Å²) in [4.78, 5) is 19.9. The van der Waals surface area contributed by atoms with Crippen LogP contribution in [0.5, 0.6) is 0 Å². The van der Waals surface area contributed by atoms with Crippen molar-refractivity contribution in [3.05, 3.63) is 48.0 Å². The maximum absolute atomic E-state index is 11.9. The molecule has 0 saturated heterocycles. The molecule has 0 atom stereocenters. The summed E-state index contributed by atoms with van der Waals surface area (Å²) in [6, 6.07) is 13.8. The van der Waals surface area contributed by atoms with Crippen molar-refractivity contribution in [3.63, 3.8) is 0 Å². The van der Waals surface area contributed by atoms with E-state index in [1.807, 2.05) is 63.2 Å². The monoisotopic (exact) mass is 293 g/mol. The third kappa shape index (κ3) is 2.60. The number of para-hydroxylation sites is 2. The molecule has 0 fully saturated rings. The van der Waals surface area contributed by atoms with Crippen molar-refractivity contribution in [2.45, 2.75) is 20.8 Å². The molecular weight excluding hydrogens is 274 g/mol. The highest BCUT2D eigenvalue weighted by Gasteiger charge is 2.13. The molecule has 2 aromatic carbocycles. The van der Waals surface area contributed by atoms with E-state index < -0.39 is 0 Å². The van der Waals surface area contributed by atoms with Crippen molar-refractivity contribution in [2.75, 3.05) is 5.32 Å². The van der Waals surface area contributed by atoms with Crippen molar-refractivity contribution in [2.24, 2.45) is 5.92 Å². The predicted octanol–water partition coefficient (Wildman–Crippen LogP) is 4.13. The first-order chi connectivity index (χ1) is 10.6. The zero-order chi connectivity index (χ0) is 15.7. The number of amides is 1. The van der Waals surface area contributed by atoms with E-state index in [-0.39, 0.29) is 11.8 Å². The zero-order valence-corrected chi connectivity index (χ0v) is 13.0. The van der Waals surface area contributed by atoms with Crippen LogP contribution in [-0.2, 0) is 4.79 Å². The van der Waals surface area contributed by atoms with Crippen LogP contribution in [-0.4, -0.2) is 15.9 Å². The Morgan fingerprint density at radius 2 is 1.91 bits per heavy atom. The summed E-state index contributed by atoms with van der Waals surface area (Å²) >= 11 is 0. The van der Waals surface area contributed by atoms with Crippen LogP contribution in [0.1, 0.15) is 19.4 Å². The highest BCUT2D eigenvalue weighted by Crippen LogP contribution is 2.28. The number of imidazole rings is 1. The molecule has 4 nitrogen and oxygen atoms in total. The lowest BCUT2D eigenvalue weighted by Gasteiger charge is -2.12. The fraction of sp³-hybridized carbons (Fsp3) is 0.222. The molecule has 0 radical (unpaired) electrons. The van der Waals surface area contributed by atoms with Crippen molar-refractivity contribution < 1.29 is 4.79 Å². The van der Waals surface area contributed by atoms with Crippen LogP contribution in [0.25, 0.3) is 22.4 Å². The number of aromatic amines is 1. The second-order valence-electron chi connectivity index (χ2n) is 5.72. The van der Waals surface area contributed by atoms with Gasteiger partial charge in [0.05, 0.1) is 11.0 Å². The van der Waals surface area contributed by atoms with Crippen LogP contribution in [0.15, 0.2) is 42.5 Å². The van der Waals surface area contributed by atoms with Crippen LogP contribution < -0.4 is 5.32 Å². The van der Waals surface area contributed by atoms with Crippen molar-refractivity contribution in [1.82, 2.24) is 9.97 Å². The maximum atomic E-state index is 11.9. The van der Waals surface area contributed by atoms with Crippen LogP contribution in [0.4, 0.5) is 5.69 Å². The molecule has 0 unspecified atom stereocenters. The molecule has 0 aliphatic heterocycles. The number of nitrogens with zero attached hydrogens (tertiary/aromatic N) is 1. The number of carbonyl (C=O) groups is 1. The number of rotatable bonds is 3. The molecule has 4 heteroatoms. The van der Waals surface area contributed by atoms with E-state index in [1.54, 1.807) is 0 Å². The van der Waals surface area contributed by atoms with E-state index in [4.69, 9.17) is 0 Å². The lowest BCUT2D eigenvalue weighted by molar-refractivity contribution is -0.118. The number of carbonyl (C=O) groups excluding carboxylic acids is 1. The lowest BCUT2D eigenvalue weighted by atomic mass is 10.1. The van der Waals surface area contributed by atoms with Gasteiger partial charge in [-0.25, -0.2) is 4.98 Å². The lowest BCUT2D eigenvalue weighted by Crippen LogP contribution is -2.18. The minimum Gasteiger partial charge on any atom is -0.338 e. The number of aromatic nitrogens is 2. The second-order valence-corrected chi connectivity index (χ2v) is 5.72. The van der Waals surface area contributed by atoms with Gasteiger partial charge in [-0.15, -0.1) is 0 Å². The zero-order valence-electron chi connectivity index (χ0n) is 13.0. The molecule has 1 heterocycles. The molecular formula is C18H19N3O. The Labute approximate surface area is 129 Å². The van der Waals surface area contributed by atoms with Gasteiger partial charge in [0.1, 0.15) is 5.82 Å². The predicted molar refractivity (Wildman–Crippen MR) is 89.7 cm³/mol. The number of fused-ring (bicyclic) bond motifs is 1. The highest BCUT2D eigenvalue weighted by molar-refractivity contribution is 5.94. The minimum absolute atomic E-state index is 0.0184. The Kier molecular flexibility index (Phi) is 3.67. The molecule has 0 spiro atoms. The van der Waals surface area contributed by atoms with Gasteiger partial charge in [0.2, 0.25) is 5.91 Å². The third-order valence-corrected chi connectivity index (χ3v) is 3.76. The van der Waals surface area contributed by atoms with Crippen molar-refractivity contribution in [3.8, 4) is 11.4 Å². The Morgan fingerprint density at radius 1 is 1.14 bits per heavy atom. The van der Waals surface area contributed by atoms with Gasteiger partial charge < -0.3 is 10.3 Å². The molecule has 0 bridgehead atoms. The van der Waals surface area contributed by atoms with Gasteiger partial charge in [0.25, 0.3) is 0 Å². The summed E-state index contributed by atoms with van der Waals surface area (Å²) < 4.78 is 0. The molecule has 1 aromatic heterocycles. The molecule has 3 aromatic rings. The van der Waals surface area contributed by atoms with E-state index in [1.165, 1.54) is 0 Å². The number of hydrogen-bond donors (Lipinski definition) is 2. The largest absolute Gasteiger partial charge is 0.338 e. The Morgan fingerprint density at radius 3 is 2.64 bits per heavy atom. The SMILES string of the molecule is Cc1c(NC(=O)C(C)C)cccc1-c1nc2ccccc2[nH]1. The van der Waals surface area contributed by atoms with Crippen LogP contribution in [0, 0.1) is 12.8 Å². The molecule has 0 saturated carbocycles. The van der Waals surface area contributed by atoms with E-state index in [0.717, 1.165) is 33.7 Å². The molecule has 112 valence electrons. The maximum Gasteiger partial charge on any atom is 0.226 e. The second kappa shape index (κ2) is 5.64. The Hall–Kier alpha value is -2.62. The summed E-state index contributed by atoms with van der Waals surface area (Å²) in [6.07, 6.45) is 0. The van der Waals surface area contributed by atoms with E-state index in [0.29, 0.717) is 0 Å². The Balaban J connectivity index is 2.02. The van der Waals surface area contributed by atoms with Crippen molar-refractivity contribution in [1.29, 1.82) is 0 Å². The first-order valence-electron chi connectivity index (χ1n) is 7.42. The summed E-state index contributed by atoms with van der Waals surface area (Å²) in [6.45, 7) is 5.76. The van der Waals surface area contributed by atoms with Crippen LogP contribution in [0.3, 0.4) is 0 Å². The average molecular weight is 293 g/mol. The first-order valence-corrected chi connectivity index (χ1v) is 7.42. The summed E-state index contributed by atoms with van der Waals surface area (Å²) in [5.74, 6) is 0.790. The van der Waals surface area contributed by atoms with Gasteiger partial charge in [-0.3, -0.25) is 4.79 Å². The van der Waals surface area contributed by atoms with Gasteiger partial charge in [-0.1, -0.05) is 38.1 Å². The summed E-state index contributed by atoms with van der Waals surface area (Å²) in [5.41, 5.74) is 4.78. The number of benzene rings is 2. The minimum atomic E-state index is -0.0470.